The highest BCUT2D eigenvalue weighted by molar-refractivity contribution is 5.90. The SMILES string of the molecule is CN(Cc1ccccc1N1CCCC1)C(=O)C1CCCN1C(=O)C(C)(C)C. The second-order valence-corrected chi connectivity index (χ2v) is 8.92. The van der Waals surface area contributed by atoms with Crippen molar-refractivity contribution in [1.82, 2.24) is 9.80 Å². The zero-order valence-corrected chi connectivity index (χ0v) is 17.2. The van der Waals surface area contributed by atoms with Gasteiger partial charge in [-0.15, -0.1) is 0 Å². The van der Waals surface area contributed by atoms with Crippen molar-refractivity contribution in [2.45, 2.75) is 59.0 Å². The van der Waals surface area contributed by atoms with Crippen LogP contribution in [0.1, 0.15) is 52.0 Å². The van der Waals surface area contributed by atoms with Gasteiger partial charge in [0.05, 0.1) is 0 Å². The quantitative estimate of drug-likeness (QED) is 0.816. The normalized spacial score (nSPS) is 20.2. The molecule has 2 fully saturated rings. The molecule has 0 bridgehead atoms. The minimum Gasteiger partial charge on any atom is -0.371 e. The van der Waals surface area contributed by atoms with Gasteiger partial charge < -0.3 is 14.7 Å². The van der Waals surface area contributed by atoms with Crippen LogP contribution in [0.2, 0.25) is 0 Å². The lowest BCUT2D eigenvalue weighted by Crippen LogP contribution is -2.49. The molecule has 2 aliphatic rings. The van der Waals surface area contributed by atoms with Gasteiger partial charge in [0, 0.05) is 44.3 Å². The number of anilines is 1. The molecule has 3 rings (SSSR count). The molecule has 2 amide bonds. The third-order valence-electron chi connectivity index (χ3n) is 5.66. The number of amides is 2. The Morgan fingerprint density at radius 1 is 1.07 bits per heavy atom. The first-order valence-corrected chi connectivity index (χ1v) is 10.2. The van der Waals surface area contributed by atoms with Crippen LogP contribution in [0, 0.1) is 5.41 Å². The Balaban J connectivity index is 1.72. The van der Waals surface area contributed by atoms with Crippen LogP contribution in [-0.4, -0.2) is 54.3 Å². The molecule has 0 aromatic heterocycles. The van der Waals surface area contributed by atoms with Crippen molar-refractivity contribution in [2.24, 2.45) is 5.41 Å². The van der Waals surface area contributed by atoms with E-state index in [1.807, 2.05) is 33.9 Å². The van der Waals surface area contributed by atoms with Gasteiger partial charge in [0.1, 0.15) is 6.04 Å². The number of likely N-dealkylation sites (tertiary alicyclic amines) is 1. The number of rotatable bonds is 4. The van der Waals surface area contributed by atoms with E-state index in [1.54, 1.807) is 9.80 Å². The highest BCUT2D eigenvalue weighted by Crippen LogP contribution is 2.28. The van der Waals surface area contributed by atoms with Crippen LogP contribution in [0.4, 0.5) is 5.69 Å². The molecule has 2 heterocycles. The fourth-order valence-corrected chi connectivity index (χ4v) is 4.20. The van der Waals surface area contributed by atoms with Crippen LogP contribution in [0.15, 0.2) is 24.3 Å². The fourth-order valence-electron chi connectivity index (χ4n) is 4.20. The van der Waals surface area contributed by atoms with E-state index in [1.165, 1.54) is 24.1 Å². The predicted octanol–water partition coefficient (Wildman–Crippen LogP) is 3.28. The van der Waals surface area contributed by atoms with Crippen LogP contribution in [0.5, 0.6) is 0 Å². The lowest BCUT2D eigenvalue weighted by molar-refractivity contribution is -0.148. The molecule has 1 unspecified atom stereocenters. The van der Waals surface area contributed by atoms with Gasteiger partial charge in [0.2, 0.25) is 11.8 Å². The average molecular weight is 372 g/mol. The number of para-hydroxylation sites is 1. The second-order valence-electron chi connectivity index (χ2n) is 8.92. The molecule has 0 spiro atoms. The molecule has 5 heteroatoms. The summed E-state index contributed by atoms with van der Waals surface area (Å²) >= 11 is 0. The third-order valence-corrected chi connectivity index (χ3v) is 5.66. The van der Waals surface area contributed by atoms with E-state index < -0.39 is 5.41 Å². The second kappa shape index (κ2) is 7.91. The number of carbonyl (C=O) groups excluding carboxylic acids is 2. The van der Waals surface area contributed by atoms with E-state index in [9.17, 15) is 9.59 Å². The average Bonchev–Trinajstić information content (AvgIpc) is 3.31. The van der Waals surface area contributed by atoms with Crippen LogP contribution in [0.25, 0.3) is 0 Å². The largest absolute Gasteiger partial charge is 0.371 e. The van der Waals surface area contributed by atoms with Gasteiger partial charge in [0.15, 0.2) is 0 Å². The molecule has 0 saturated carbocycles. The molecule has 148 valence electrons. The van der Waals surface area contributed by atoms with Crippen molar-refractivity contribution in [3.8, 4) is 0 Å². The van der Waals surface area contributed by atoms with Gasteiger partial charge in [0.25, 0.3) is 0 Å². The van der Waals surface area contributed by atoms with Crippen molar-refractivity contribution in [1.29, 1.82) is 0 Å². The predicted molar refractivity (Wildman–Crippen MR) is 109 cm³/mol. The number of benzene rings is 1. The van der Waals surface area contributed by atoms with Crippen LogP contribution < -0.4 is 4.90 Å². The van der Waals surface area contributed by atoms with E-state index in [0.29, 0.717) is 13.1 Å². The minimum absolute atomic E-state index is 0.0568. The van der Waals surface area contributed by atoms with Crippen LogP contribution in [-0.2, 0) is 16.1 Å². The van der Waals surface area contributed by atoms with Gasteiger partial charge >= 0.3 is 0 Å². The Hall–Kier alpha value is -2.04. The van der Waals surface area contributed by atoms with Crippen molar-refractivity contribution in [3.63, 3.8) is 0 Å². The summed E-state index contributed by atoms with van der Waals surface area (Å²) in [6.07, 6.45) is 4.12. The van der Waals surface area contributed by atoms with Gasteiger partial charge in [-0.1, -0.05) is 39.0 Å². The van der Waals surface area contributed by atoms with E-state index in [-0.39, 0.29) is 17.9 Å². The maximum Gasteiger partial charge on any atom is 0.245 e. The number of likely N-dealkylation sites (N-methyl/N-ethyl adjacent to an activating group) is 1. The zero-order valence-electron chi connectivity index (χ0n) is 17.2. The monoisotopic (exact) mass is 371 g/mol. The van der Waals surface area contributed by atoms with Crippen LogP contribution in [0.3, 0.4) is 0 Å². The maximum atomic E-state index is 13.1. The molecular weight excluding hydrogens is 338 g/mol. The molecule has 1 atom stereocenters. The smallest absolute Gasteiger partial charge is 0.245 e. The summed E-state index contributed by atoms with van der Waals surface area (Å²) < 4.78 is 0. The Labute approximate surface area is 163 Å². The lowest BCUT2D eigenvalue weighted by Gasteiger charge is -2.33. The van der Waals surface area contributed by atoms with E-state index >= 15 is 0 Å². The molecular formula is C22H33N3O2. The van der Waals surface area contributed by atoms with Gasteiger partial charge in [-0.2, -0.15) is 0 Å². The Morgan fingerprint density at radius 2 is 1.74 bits per heavy atom. The molecule has 0 N–H and O–H groups in total. The van der Waals surface area contributed by atoms with Gasteiger partial charge in [-0.3, -0.25) is 9.59 Å². The first-order valence-electron chi connectivity index (χ1n) is 10.2. The molecule has 1 aromatic carbocycles. The first kappa shape index (κ1) is 19.7. The summed E-state index contributed by atoms with van der Waals surface area (Å²) in [5.74, 6) is 0.130. The molecule has 1 aromatic rings. The topological polar surface area (TPSA) is 43.9 Å². The molecule has 0 aliphatic carbocycles. The van der Waals surface area contributed by atoms with Crippen molar-refractivity contribution >= 4 is 17.5 Å². The first-order chi connectivity index (χ1) is 12.8. The Bertz CT molecular complexity index is 689. The zero-order chi connectivity index (χ0) is 19.6. The molecule has 0 radical (unpaired) electrons. The van der Waals surface area contributed by atoms with Gasteiger partial charge in [-0.25, -0.2) is 0 Å². The van der Waals surface area contributed by atoms with Crippen molar-refractivity contribution < 1.29 is 9.59 Å². The third kappa shape index (κ3) is 4.28. The van der Waals surface area contributed by atoms with Gasteiger partial charge in [-0.05, 0) is 37.3 Å². The van der Waals surface area contributed by atoms with Crippen molar-refractivity contribution in [3.05, 3.63) is 29.8 Å². The highest BCUT2D eigenvalue weighted by Gasteiger charge is 2.39. The lowest BCUT2D eigenvalue weighted by atomic mass is 9.94. The fraction of sp³-hybridized carbons (Fsp3) is 0.636. The summed E-state index contributed by atoms with van der Waals surface area (Å²) in [5.41, 5.74) is 1.97. The van der Waals surface area contributed by atoms with E-state index in [2.05, 4.69) is 23.1 Å². The summed E-state index contributed by atoms with van der Waals surface area (Å²) in [7, 11) is 1.86. The molecule has 2 aliphatic heterocycles. The summed E-state index contributed by atoms with van der Waals surface area (Å²) in [6, 6.07) is 8.06. The summed E-state index contributed by atoms with van der Waals surface area (Å²) in [6.45, 7) is 9.21. The number of hydrogen-bond donors (Lipinski definition) is 0. The number of carbonyl (C=O) groups is 2. The standard InChI is InChI=1S/C22H33N3O2/c1-22(2,3)21(27)25-15-9-12-19(25)20(26)23(4)16-17-10-5-6-11-18(17)24-13-7-8-14-24/h5-6,10-11,19H,7-9,12-16H2,1-4H3. The maximum absolute atomic E-state index is 13.1. The summed E-state index contributed by atoms with van der Waals surface area (Å²) in [5, 5.41) is 0. The van der Waals surface area contributed by atoms with Crippen molar-refractivity contribution in [2.75, 3.05) is 31.6 Å². The highest BCUT2D eigenvalue weighted by atomic mass is 16.2. The van der Waals surface area contributed by atoms with Crippen LogP contribution >= 0.6 is 0 Å². The molecule has 2 saturated heterocycles. The number of nitrogens with zero attached hydrogens (tertiary/aromatic N) is 3. The molecule has 27 heavy (non-hydrogen) atoms. The Kier molecular flexibility index (Phi) is 5.78. The number of hydrogen-bond acceptors (Lipinski definition) is 3. The molecule has 5 nitrogen and oxygen atoms in total. The minimum atomic E-state index is -0.455. The van der Waals surface area contributed by atoms with E-state index in [4.69, 9.17) is 0 Å². The summed E-state index contributed by atoms with van der Waals surface area (Å²) in [4.78, 5) is 31.9. The Morgan fingerprint density at radius 3 is 2.41 bits per heavy atom. The van der Waals surface area contributed by atoms with E-state index in [0.717, 1.165) is 25.9 Å².